The van der Waals surface area contributed by atoms with E-state index in [4.69, 9.17) is 4.74 Å². The molecule has 0 unspecified atom stereocenters. The Kier molecular flexibility index (Phi) is 7.30. The summed E-state index contributed by atoms with van der Waals surface area (Å²) in [5, 5.41) is 26.7. The van der Waals surface area contributed by atoms with E-state index in [1.807, 2.05) is 30.3 Å². The fourth-order valence-corrected chi connectivity index (χ4v) is 3.24. The van der Waals surface area contributed by atoms with E-state index in [2.05, 4.69) is 60.3 Å². The van der Waals surface area contributed by atoms with Gasteiger partial charge in [-0.25, -0.2) is 0 Å². The van der Waals surface area contributed by atoms with Crippen LogP contribution < -0.4 is 4.74 Å². The molecule has 0 aliphatic carbocycles. The Hall–Kier alpha value is -3.62. The number of hydrogen-bond donors (Lipinski definition) is 1. The molecule has 1 N–H and O–H groups in total. The SMILES string of the molecule is c1ccc(CCCCn2nnc(-c3ccc(OCCCCc4nn[nH]n4)cc3)n2)cc1. The van der Waals surface area contributed by atoms with Gasteiger partial charge in [0.05, 0.1) is 13.2 Å². The second kappa shape index (κ2) is 11.0. The highest BCUT2D eigenvalue weighted by molar-refractivity contribution is 5.55. The number of H-pyrrole nitrogens is 1. The maximum atomic E-state index is 5.80. The molecule has 0 spiro atoms. The molecule has 0 bridgehead atoms. The molecule has 2 heterocycles. The molecule has 0 fully saturated rings. The van der Waals surface area contributed by atoms with Crippen molar-refractivity contribution in [2.45, 2.75) is 45.1 Å². The van der Waals surface area contributed by atoms with Gasteiger partial charge in [-0.3, -0.25) is 0 Å². The lowest BCUT2D eigenvalue weighted by Gasteiger charge is -2.05. The van der Waals surface area contributed by atoms with Gasteiger partial charge < -0.3 is 4.74 Å². The smallest absolute Gasteiger partial charge is 0.204 e. The number of aromatic amines is 1. The maximum absolute atomic E-state index is 5.80. The zero-order valence-electron chi connectivity index (χ0n) is 17.4. The second-order valence-electron chi connectivity index (χ2n) is 7.31. The topological polar surface area (TPSA) is 107 Å². The lowest BCUT2D eigenvalue weighted by atomic mass is 10.1. The van der Waals surface area contributed by atoms with E-state index in [9.17, 15) is 0 Å². The van der Waals surface area contributed by atoms with E-state index < -0.39 is 0 Å². The van der Waals surface area contributed by atoms with Crippen molar-refractivity contribution in [1.29, 1.82) is 0 Å². The van der Waals surface area contributed by atoms with Crippen molar-refractivity contribution in [3.05, 3.63) is 66.0 Å². The quantitative estimate of drug-likeness (QED) is 0.352. The molecule has 0 radical (unpaired) electrons. The van der Waals surface area contributed by atoms with E-state index in [0.717, 1.165) is 62.2 Å². The summed E-state index contributed by atoms with van der Waals surface area (Å²) in [6, 6.07) is 18.3. The molecule has 0 saturated heterocycles. The van der Waals surface area contributed by atoms with Gasteiger partial charge in [0.25, 0.3) is 0 Å². The van der Waals surface area contributed by atoms with Crippen LogP contribution in [-0.2, 0) is 19.4 Å². The van der Waals surface area contributed by atoms with Gasteiger partial charge in [0.2, 0.25) is 5.82 Å². The lowest BCUT2D eigenvalue weighted by molar-refractivity contribution is 0.306. The average molecular weight is 419 g/mol. The summed E-state index contributed by atoms with van der Waals surface area (Å²) in [5.74, 6) is 2.20. The number of aryl methyl sites for hydroxylation is 3. The molecule has 0 atom stereocenters. The van der Waals surface area contributed by atoms with Crippen LogP contribution >= 0.6 is 0 Å². The third kappa shape index (κ3) is 6.43. The van der Waals surface area contributed by atoms with Crippen molar-refractivity contribution in [2.24, 2.45) is 0 Å². The van der Waals surface area contributed by atoms with E-state index in [-0.39, 0.29) is 0 Å². The Morgan fingerprint density at radius 3 is 2.48 bits per heavy atom. The molecule has 9 nitrogen and oxygen atoms in total. The Balaban J connectivity index is 1.17. The molecular weight excluding hydrogens is 392 g/mol. The van der Waals surface area contributed by atoms with Crippen molar-refractivity contribution < 1.29 is 4.74 Å². The molecule has 2 aromatic carbocycles. The molecule has 0 aliphatic heterocycles. The van der Waals surface area contributed by atoms with E-state index >= 15 is 0 Å². The second-order valence-corrected chi connectivity index (χ2v) is 7.31. The van der Waals surface area contributed by atoms with E-state index in [0.29, 0.717) is 12.4 Å². The third-order valence-corrected chi connectivity index (χ3v) is 4.93. The van der Waals surface area contributed by atoms with E-state index in [1.165, 1.54) is 5.56 Å². The molecule has 160 valence electrons. The van der Waals surface area contributed by atoms with Crippen LogP contribution in [0.3, 0.4) is 0 Å². The number of nitrogens with zero attached hydrogens (tertiary/aromatic N) is 7. The van der Waals surface area contributed by atoms with Gasteiger partial charge in [-0.2, -0.15) is 10.0 Å². The fraction of sp³-hybridized carbons (Fsp3) is 0.364. The summed E-state index contributed by atoms with van der Waals surface area (Å²) in [6.07, 6.45) is 5.87. The Morgan fingerprint density at radius 2 is 1.68 bits per heavy atom. The molecule has 9 heteroatoms. The minimum absolute atomic E-state index is 0.634. The molecule has 0 amide bonds. The van der Waals surface area contributed by atoms with Crippen LogP contribution in [0.4, 0.5) is 0 Å². The molecule has 0 aliphatic rings. The lowest BCUT2D eigenvalue weighted by Crippen LogP contribution is -2.03. The minimum Gasteiger partial charge on any atom is -0.494 e. The normalized spacial score (nSPS) is 11.0. The summed E-state index contributed by atoms with van der Waals surface area (Å²) in [7, 11) is 0. The minimum atomic E-state index is 0.634. The monoisotopic (exact) mass is 418 g/mol. The van der Waals surface area contributed by atoms with Crippen LogP contribution in [0.1, 0.15) is 37.1 Å². The number of aromatic nitrogens is 8. The Morgan fingerprint density at radius 1 is 0.839 bits per heavy atom. The predicted octanol–water partition coefficient (Wildman–Crippen LogP) is 3.28. The largest absolute Gasteiger partial charge is 0.494 e. The molecule has 0 saturated carbocycles. The van der Waals surface area contributed by atoms with Gasteiger partial charge in [-0.15, -0.1) is 20.4 Å². The maximum Gasteiger partial charge on any atom is 0.204 e. The summed E-state index contributed by atoms with van der Waals surface area (Å²) < 4.78 is 5.80. The van der Waals surface area contributed by atoms with Crippen molar-refractivity contribution >= 4 is 0 Å². The Labute approximate surface area is 180 Å². The molecule has 4 rings (SSSR count). The summed E-state index contributed by atoms with van der Waals surface area (Å²) in [6.45, 7) is 1.42. The zero-order valence-corrected chi connectivity index (χ0v) is 17.4. The molecule has 4 aromatic rings. The van der Waals surface area contributed by atoms with Crippen LogP contribution in [0.2, 0.25) is 0 Å². The van der Waals surface area contributed by atoms with Crippen LogP contribution in [0.5, 0.6) is 5.75 Å². The number of rotatable bonds is 12. The first-order chi connectivity index (χ1) is 15.4. The Bertz CT molecular complexity index is 1020. The summed E-state index contributed by atoms with van der Waals surface area (Å²) in [4.78, 5) is 1.68. The van der Waals surface area contributed by atoms with Crippen molar-refractivity contribution in [1.82, 2.24) is 40.8 Å². The molecule has 31 heavy (non-hydrogen) atoms. The number of nitrogens with one attached hydrogen (secondary N) is 1. The first kappa shape index (κ1) is 20.6. The van der Waals surface area contributed by atoms with Crippen LogP contribution in [0.25, 0.3) is 11.4 Å². The summed E-state index contributed by atoms with van der Waals surface area (Å²) >= 11 is 0. The van der Waals surface area contributed by atoms with Gasteiger partial charge in [0.1, 0.15) is 5.75 Å². The standard InChI is InChI=1S/C22H26N8O/c1-2-8-18(9-3-1)10-4-6-16-30-26-22(25-29-30)19-12-14-20(15-13-19)31-17-7-5-11-21-23-27-28-24-21/h1-3,8-9,12-15H,4-7,10-11,16-17H2,(H,23,24,27,28). The van der Waals surface area contributed by atoms with Gasteiger partial charge in [0, 0.05) is 12.0 Å². The fourth-order valence-electron chi connectivity index (χ4n) is 3.24. The first-order valence-electron chi connectivity index (χ1n) is 10.6. The van der Waals surface area contributed by atoms with Crippen molar-refractivity contribution in [3.8, 4) is 17.1 Å². The number of ether oxygens (including phenoxy) is 1. The third-order valence-electron chi connectivity index (χ3n) is 4.93. The predicted molar refractivity (Wildman–Crippen MR) is 115 cm³/mol. The molecule has 2 aromatic heterocycles. The number of unbranched alkanes of at least 4 members (excludes halogenated alkanes) is 2. The van der Waals surface area contributed by atoms with Crippen LogP contribution in [0, 0.1) is 0 Å². The van der Waals surface area contributed by atoms with Crippen LogP contribution in [-0.4, -0.2) is 47.4 Å². The summed E-state index contributed by atoms with van der Waals surface area (Å²) in [5.41, 5.74) is 2.30. The van der Waals surface area contributed by atoms with Crippen molar-refractivity contribution in [3.63, 3.8) is 0 Å². The number of hydrogen-bond acceptors (Lipinski definition) is 7. The van der Waals surface area contributed by atoms with Gasteiger partial charge in [0.15, 0.2) is 5.82 Å². The van der Waals surface area contributed by atoms with Gasteiger partial charge >= 0.3 is 0 Å². The highest BCUT2D eigenvalue weighted by atomic mass is 16.5. The van der Waals surface area contributed by atoms with Gasteiger partial charge in [-0.05, 0) is 67.1 Å². The number of tetrazole rings is 2. The van der Waals surface area contributed by atoms with Gasteiger partial charge in [-0.1, -0.05) is 35.5 Å². The van der Waals surface area contributed by atoms with E-state index in [1.54, 1.807) is 4.80 Å². The average Bonchev–Trinajstić information content (AvgIpc) is 3.50. The number of benzene rings is 2. The highest BCUT2D eigenvalue weighted by Crippen LogP contribution is 2.19. The molecular formula is C22H26N8O. The van der Waals surface area contributed by atoms with Crippen LogP contribution in [0.15, 0.2) is 54.6 Å². The highest BCUT2D eigenvalue weighted by Gasteiger charge is 2.06. The first-order valence-corrected chi connectivity index (χ1v) is 10.6. The van der Waals surface area contributed by atoms with Crippen molar-refractivity contribution in [2.75, 3.05) is 6.61 Å². The zero-order chi connectivity index (χ0) is 21.1.